The first-order valence-electron chi connectivity index (χ1n) is 9.76. The van der Waals surface area contributed by atoms with E-state index < -0.39 is 22.4 Å². The van der Waals surface area contributed by atoms with Crippen LogP contribution >= 0.6 is 0 Å². The Hall–Kier alpha value is -2.48. The number of hydrogen-bond donors (Lipinski definition) is 0. The second kappa shape index (κ2) is 8.49. The molecule has 0 bridgehead atoms. The van der Waals surface area contributed by atoms with Crippen molar-refractivity contribution in [1.82, 2.24) is 9.88 Å². The number of carbonyl (C=O) groups excluding carboxylic acids is 2. The summed E-state index contributed by atoms with van der Waals surface area (Å²) in [6.45, 7) is 5.52. The summed E-state index contributed by atoms with van der Waals surface area (Å²) in [6, 6.07) is 7.19. The van der Waals surface area contributed by atoms with E-state index >= 15 is 0 Å². The standard InChI is InChI=1S/C21H26N2O5S/c1-4-10-23(16-9-11-29(26,27)13-16)19(24)12-28-21(25)20-14(2)17-7-5-6-8-18(17)22-15(20)3/h5-8,16H,4,9-13H2,1-3H3/t16-/m0/s1. The van der Waals surface area contributed by atoms with Gasteiger partial charge >= 0.3 is 5.97 Å². The summed E-state index contributed by atoms with van der Waals surface area (Å²) in [5, 5.41) is 0.861. The number of aromatic nitrogens is 1. The first kappa shape index (κ1) is 21.2. The molecule has 1 aromatic carbocycles. The van der Waals surface area contributed by atoms with Gasteiger partial charge in [0, 0.05) is 18.0 Å². The molecule has 1 fully saturated rings. The van der Waals surface area contributed by atoms with Crippen LogP contribution in [-0.4, -0.2) is 60.9 Å². The fourth-order valence-electron chi connectivity index (χ4n) is 3.89. The minimum Gasteiger partial charge on any atom is -0.452 e. The zero-order valence-electron chi connectivity index (χ0n) is 17.0. The van der Waals surface area contributed by atoms with E-state index in [9.17, 15) is 18.0 Å². The molecule has 3 rings (SSSR count). The first-order valence-corrected chi connectivity index (χ1v) is 11.6. The Balaban J connectivity index is 1.74. The number of benzene rings is 1. The molecule has 0 radical (unpaired) electrons. The van der Waals surface area contributed by atoms with Gasteiger partial charge in [0.25, 0.3) is 5.91 Å². The van der Waals surface area contributed by atoms with Gasteiger partial charge in [0.2, 0.25) is 0 Å². The number of para-hydroxylation sites is 1. The maximum Gasteiger partial charge on any atom is 0.340 e. The van der Waals surface area contributed by atoms with Crippen LogP contribution in [0.5, 0.6) is 0 Å². The SMILES string of the molecule is CCCN(C(=O)COC(=O)c1c(C)nc2ccccc2c1C)[C@H]1CCS(=O)(=O)C1. The summed E-state index contributed by atoms with van der Waals surface area (Å²) in [5.74, 6) is -0.903. The van der Waals surface area contributed by atoms with Crippen LogP contribution in [0.4, 0.5) is 0 Å². The highest BCUT2D eigenvalue weighted by atomic mass is 32.2. The molecular weight excluding hydrogens is 392 g/mol. The molecule has 8 heteroatoms. The minimum absolute atomic E-state index is 0.0283. The van der Waals surface area contributed by atoms with E-state index in [-0.39, 0.29) is 23.5 Å². The predicted molar refractivity (Wildman–Crippen MR) is 111 cm³/mol. The molecule has 1 aromatic heterocycles. The normalized spacial score (nSPS) is 18.0. The van der Waals surface area contributed by atoms with Gasteiger partial charge in [0.05, 0.1) is 28.3 Å². The third-order valence-electron chi connectivity index (χ3n) is 5.30. The molecule has 0 N–H and O–H groups in total. The van der Waals surface area contributed by atoms with E-state index in [1.165, 1.54) is 4.90 Å². The van der Waals surface area contributed by atoms with Gasteiger partial charge in [-0.25, -0.2) is 13.2 Å². The predicted octanol–water partition coefficient (Wildman–Crippen LogP) is 2.43. The van der Waals surface area contributed by atoms with Gasteiger partial charge in [0.15, 0.2) is 16.4 Å². The molecule has 0 saturated carbocycles. The van der Waals surface area contributed by atoms with Crippen molar-refractivity contribution in [2.45, 2.75) is 39.7 Å². The smallest absolute Gasteiger partial charge is 0.340 e. The molecule has 1 amide bonds. The number of esters is 1. The van der Waals surface area contributed by atoms with E-state index in [0.717, 1.165) is 16.5 Å². The monoisotopic (exact) mass is 418 g/mol. The molecule has 2 heterocycles. The number of rotatable bonds is 6. The summed E-state index contributed by atoms with van der Waals surface area (Å²) < 4.78 is 28.9. The fraction of sp³-hybridized carbons (Fsp3) is 0.476. The number of ether oxygens (including phenoxy) is 1. The summed E-state index contributed by atoms with van der Waals surface area (Å²) in [4.78, 5) is 31.4. The van der Waals surface area contributed by atoms with Crippen LogP contribution in [0.3, 0.4) is 0 Å². The second-order valence-corrected chi connectivity index (χ2v) is 9.66. The van der Waals surface area contributed by atoms with Crippen molar-refractivity contribution in [2.24, 2.45) is 0 Å². The number of fused-ring (bicyclic) bond motifs is 1. The Bertz CT molecular complexity index is 1050. The van der Waals surface area contributed by atoms with Gasteiger partial charge < -0.3 is 9.64 Å². The van der Waals surface area contributed by atoms with Crippen molar-refractivity contribution in [3.05, 3.63) is 41.1 Å². The Morgan fingerprint density at radius 2 is 1.97 bits per heavy atom. The van der Waals surface area contributed by atoms with E-state index in [4.69, 9.17) is 4.74 Å². The topological polar surface area (TPSA) is 93.6 Å². The number of pyridine rings is 1. The number of carbonyl (C=O) groups is 2. The summed E-state index contributed by atoms with van der Waals surface area (Å²) >= 11 is 0. The maximum atomic E-state index is 12.7. The first-order chi connectivity index (χ1) is 13.7. The van der Waals surface area contributed by atoms with Crippen LogP contribution in [0, 0.1) is 13.8 Å². The molecule has 1 aliphatic heterocycles. The van der Waals surface area contributed by atoms with Gasteiger partial charge in [0.1, 0.15) is 0 Å². The van der Waals surface area contributed by atoms with Gasteiger partial charge in [-0.15, -0.1) is 0 Å². The number of sulfone groups is 1. The molecule has 0 aliphatic carbocycles. The lowest BCUT2D eigenvalue weighted by molar-refractivity contribution is -0.136. The minimum atomic E-state index is -3.11. The molecule has 1 atom stereocenters. The van der Waals surface area contributed by atoms with Gasteiger partial charge in [-0.3, -0.25) is 9.78 Å². The quantitative estimate of drug-likeness (QED) is 0.669. The third kappa shape index (κ3) is 4.58. The van der Waals surface area contributed by atoms with Crippen LogP contribution in [0.25, 0.3) is 10.9 Å². The molecule has 0 unspecified atom stereocenters. The Kier molecular flexibility index (Phi) is 6.21. The van der Waals surface area contributed by atoms with Crippen LogP contribution < -0.4 is 0 Å². The number of aryl methyl sites for hydroxylation is 2. The third-order valence-corrected chi connectivity index (χ3v) is 7.05. The lowest BCUT2D eigenvalue weighted by atomic mass is 10.0. The van der Waals surface area contributed by atoms with Crippen LogP contribution in [0.15, 0.2) is 24.3 Å². The second-order valence-electron chi connectivity index (χ2n) is 7.43. The average molecular weight is 419 g/mol. The molecule has 7 nitrogen and oxygen atoms in total. The molecule has 2 aromatic rings. The summed E-state index contributed by atoms with van der Waals surface area (Å²) in [7, 11) is -3.11. The Labute approximate surface area is 171 Å². The number of nitrogens with zero attached hydrogens (tertiary/aromatic N) is 2. The molecular formula is C21H26N2O5S. The summed E-state index contributed by atoms with van der Waals surface area (Å²) in [6.07, 6.45) is 1.12. The van der Waals surface area contributed by atoms with Crippen LogP contribution in [-0.2, 0) is 19.4 Å². The highest BCUT2D eigenvalue weighted by Gasteiger charge is 2.34. The van der Waals surface area contributed by atoms with Gasteiger partial charge in [-0.2, -0.15) is 0 Å². The van der Waals surface area contributed by atoms with Gasteiger partial charge in [-0.1, -0.05) is 25.1 Å². The lowest BCUT2D eigenvalue weighted by Crippen LogP contribution is -2.43. The van der Waals surface area contributed by atoms with Crippen molar-refractivity contribution in [1.29, 1.82) is 0 Å². The average Bonchev–Trinajstić information content (AvgIpc) is 3.03. The fourth-order valence-corrected chi connectivity index (χ4v) is 5.62. The summed E-state index contributed by atoms with van der Waals surface area (Å²) in [5.41, 5.74) is 2.47. The van der Waals surface area contributed by atoms with Crippen molar-refractivity contribution in [2.75, 3.05) is 24.7 Å². The van der Waals surface area contributed by atoms with Crippen LogP contribution in [0.1, 0.15) is 41.4 Å². The molecule has 0 spiro atoms. The largest absolute Gasteiger partial charge is 0.452 e. The molecule has 1 aliphatic rings. The van der Waals surface area contributed by atoms with Crippen molar-refractivity contribution >= 4 is 32.6 Å². The highest BCUT2D eigenvalue weighted by Crippen LogP contribution is 2.23. The molecule has 1 saturated heterocycles. The Morgan fingerprint density at radius 1 is 1.24 bits per heavy atom. The number of amides is 1. The van der Waals surface area contributed by atoms with E-state index in [1.807, 2.05) is 38.1 Å². The van der Waals surface area contributed by atoms with Crippen LogP contribution in [0.2, 0.25) is 0 Å². The number of hydrogen-bond acceptors (Lipinski definition) is 6. The van der Waals surface area contributed by atoms with E-state index in [2.05, 4.69) is 4.98 Å². The van der Waals surface area contributed by atoms with E-state index in [1.54, 1.807) is 6.92 Å². The lowest BCUT2D eigenvalue weighted by Gasteiger charge is -2.27. The van der Waals surface area contributed by atoms with E-state index in [0.29, 0.717) is 30.6 Å². The van der Waals surface area contributed by atoms with Crippen molar-refractivity contribution in [3.63, 3.8) is 0 Å². The zero-order chi connectivity index (χ0) is 21.2. The van der Waals surface area contributed by atoms with Gasteiger partial charge in [-0.05, 0) is 38.3 Å². The molecule has 29 heavy (non-hydrogen) atoms. The Morgan fingerprint density at radius 3 is 2.62 bits per heavy atom. The van der Waals surface area contributed by atoms with Crippen molar-refractivity contribution in [3.8, 4) is 0 Å². The zero-order valence-corrected chi connectivity index (χ0v) is 17.8. The molecule has 156 valence electrons. The highest BCUT2D eigenvalue weighted by molar-refractivity contribution is 7.91. The maximum absolute atomic E-state index is 12.7. The van der Waals surface area contributed by atoms with Crippen molar-refractivity contribution < 1.29 is 22.7 Å².